The van der Waals surface area contributed by atoms with Gasteiger partial charge in [-0.3, -0.25) is 9.69 Å². The smallest absolute Gasteiger partial charge is 0.223 e. The molecule has 150 valence electrons. The van der Waals surface area contributed by atoms with E-state index in [0.717, 1.165) is 25.7 Å². The number of halogens is 2. The molecule has 6 heteroatoms. The number of rotatable bonds is 5. The lowest BCUT2D eigenvalue weighted by Gasteiger charge is -2.38. The minimum absolute atomic E-state index is 0.0735. The Bertz CT molecular complexity index is 614. The number of nitrogens with zero attached hydrogens (tertiary/aromatic N) is 1. The van der Waals surface area contributed by atoms with E-state index in [1.54, 1.807) is 12.1 Å². The summed E-state index contributed by atoms with van der Waals surface area (Å²) >= 11 is 6.35. The van der Waals surface area contributed by atoms with Crippen molar-refractivity contribution in [2.75, 3.05) is 26.2 Å². The van der Waals surface area contributed by atoms with E-state index in [-0.39, 0.29) is 29.8 Å². The van der Waals surface area contributed by atoms with Gasteiger partial charge in [0.15, 0.2) is 0 Å². The van der Waals surface area contributed by atoms with Crippen LogP contribution < -0.4 is 5.32 Å². The SMILES string of the molecule is CC1CN(C(CNC(=O)C2CCCCCC2)c2c(F)cccc2Cl)CCO1. The lowest BCUT2D eigenvalue weighted by Crippen LogP contribution is -2.47. The van der Waals surface area contributed by atoms with Gasteiger partial charge in [-0.2, -0.15) is 0 Å². The first-order chi connectivity index (χ1) is 13.1. The van der Waals surface area contributed by atoms with Gasteiger partial charge in [0.05, 0.1) is 18.8 Å². The van der Waals surface area contributed by atoms with Gasteiger partial charge in [-0.15, -0.1) is 0 Å². The molecule has 1 amide bonds. The third kappa shape index (κ3) is 5.43. The average molecular weight is 397 g/mol. The van der Waals surface area contributed by atoms with E-state index in [0.29, 0.717) is 36.8 Å². The van der Waals surface area contributed by atoms with Gasteiger partial charge in [0, 0.05) is 36.1 Å². The minimum atomic E-state index is -0.324. The molecule has 2 aliphatic rings. The maximum Gasteiger partial charge on any atom is 0.223 e. The standard InChI is InChI=1S/C21H30ClFN2O2/c1-15-14-25(11-12-27-15)19(20-17(22)9-6-10-18(20)23)13-24-21(26)16-7-4-2-3-5-8-16/h6,9-10,15-16,19H,2-5,7-8,11-14H2,1H3,(H,24,26). The molecule has 3 rings (SSSR count). The fourth-order valence-electron chi connectivity index (χ4n) is 4.25. The highest BCUT2D eigenvalue weighted by molar-refractivity contribution is 6.31. The molecule has 1 aromatic rings. The Morgan fingerprint density at radius 1 is 1.33 bits per heavy atom. The minimum Gasteiger partial charge on any atom is -0.376 e. The number of carbonyl (C=O) groups is 1. The third-order valence-electron chi connectivity index (χ3n) is 5.74. The zero-order chi connectivity index (χ0) is 19.2. The Kier molecular flexibility index (Phi) is 7.50. The summed E-state index contributed by atoms with van der Waals surface area (Å²) < 4.78 is 20.3. The summed E-state index contributed by atoms with van der Waals surface area (Å²) in [5, 5.41) is 3.50. The highest BCUT2D eigenvalue weighted by Gasteiger charge is 2.30. The van der Waals surface area contributed by atoms with E-state index in [1.165, 1.54) is 18.9 Å². The first-order valence-corrected chi connectivity index (χ1v) is 10.5. The molecule has 27 heavy (non-hydrogen) atoms. The van der Waals surface area contributed by atoms with Crippen LogP contribution in [0.4, 0.5) is 4.39 Å². The molecule has 2 atom stereocenters. The third-order valence-corrected chi connectivity index (χ3v) is 6.07. The number of nitrogens with one attached hydrogen (secondary N) is 1. The van der Waals surface area contributed by atoms with Crippen LogP contribution in [0.3, 0.4) is 0 Å². The van der Waals surface area contributed by atoms with Crippen molar-refractivity contribution in [3.8, 4) is 0 Å². The molecule has 1 saturated heterocycles. The summed E-state index contributed by atoms with van der Waals surface area (Å²) in [5.41, 5.74) is 0.467. The van der Waals surface area contributed by atoms with Crippen molar-refractivity contribution in [1.29, 1.82) is 0 Å². The van der Waals surface area contributed by atoms with Gasteiger partial charge in [0.2, 0.25) is 5.91 Å². The van der Waals surface area contributed by atoms with Crippen molar-refractivity contribution in [1.82, 2.24) is 10.2 Å². The Hall–Kier alpha value is -1.17. The topological polar surface area (TPSA) is 41.6 Å². The van der Waals surface area contributed by atoms with Crippen molar-refractivity contribution >= 4 is 17.5 Å². The summed E-state index contributed by atoms with van der Waals surface area (Å²) in [5.74, 6) is -0.154. The Morgan fingerprint density at radius 2 is 2.07 bits per heavy atom. The molecule has 1 saturated carbocycles. The van der Waals surface area contributed by atoms with Crippen LogP contribution >= 0.6 is 11.6 Å². The summed E-state index contributed by atoms with van der Waals surface area (Å²) in [6.07, 6.45) is 6.62. The summed E-state index contributed by atoms with van der Waals surface area (Å²) in [7, 11) is 0. The van der Waals surface area contributed by atoms with Crippen molar-refractivity contribution in [3.05, 3.63) is 34.6 Å². The van der Waals surface area contributed by atoms with Gasteiger partial charge in [-0.05, 0) is 31.9 Å². The fourth-order valence-corrected chi connectivity index (χ4v) is 4.54. The Morgan fingerprint density at radius 3 is 2.74 bits per heavy atom. The van der Waals surface area contributed by atoms with E-state index in [2.05, 4.69) is 10.2 Å². The number of hydrogen-bond acceptors (Lipinski definition) is 3. The van der Waals surface area contributed by atoms with Gasteiger partial charge in [-0.1, -0.05) is 43.4 Å². The molecule has 0 bridgehead atoms. The highest BCUT2D eigenvalue weighted by atomic mass is 35.5. The molecule has 1 aromatic carbocycles. The molecule has 2 fully saturated rings. The summed E-state index contributed by atoms with van der Waals surface area (Å²) in [6.45, 7) is 4.35. The van der Waals surface area contributed by atoms with Crippen molar-refractivity contribution in [2.45, 2.75) is 57.6 Å². The molecule has 1 aliphatic carbocycles. The molecule has 1 heterocycles. The molecule has 0 spiro atoms. The van der Waals surface area contributed by atoms with Crippen LogP contribution in [0.1, 0.15) is 57.1 Å². The zero-order valence-electron chi connectivity index (χ0n) is 16.1. The van der Waals surface area contributed by atoms with Gasteiger partial charge in [0.1, 0.15) is 5.82 Å². The van der Waals surface area contributed by atoms with E-state index in [4.69, 9.17) is 16.3 Å². The van der Waals surface area contributed by atoms with Gasteiger partial charge >= 0.3 is 0 Å². The average Bonchev–Trinajstić information content (AvgIpc) is 2.93. The van der Waals surface area contributed by atoms with E-state index in [9.17, 15) is 9.18 Å². The Balaban J connectivity index is 1.74. The molecular formula is C21H30ClFN2O2. The second-order valence-electron chi connectivity index (χ2n) is 7.76. The molecule has 0 aromatic heterocycles. The van der Waals surface area contributed by atoms with Crippen LogP contribution in [-0.4, -0.2) is 43.2 Å². The second kappa shape index (κ2) is 9.85. The van der Waals surface area contributed by atoms with E-state index < -0.39 is 0 Å². The maximum atomic E-state index is 14.6. The number of amides is 1. The number of morpholine rings is 1. The Labute approximate surface area is 166 Å². The zero-order valence-corrected chi connectivity index (χ0v) is 16.8. The van der Waals surface area contributed by atoms with E-state index >= 15 is 0 Å². The predicted molar refractivity (Wildman–Crippen MR) is 105 cm³/mol. The quantitative estimate of drug-likeness (QED) is 0.753. The first kappa shape index (κ1) is 20.6. The molecule has 1 N–H and O–H groups in total. The lowest BCUT2D eigenvalue weighted by atomic mass is 9.98. The number of benzene rings is 1. The summed E-state index contributed by atoms with van der Waals surface area (Å²) in [4.78, 5) is 14.9. The second-order valence-corrected chi connectivity index (χ2v) is 8.17. The van der Waals surface area contributed by atoms with E-state index in [1.807, 2.05) is 6.92 Å². The number of hydrogen-bond donors (Lipinski definition) is 1. The normalized spacial score (nSPS) is 23.6. The first-order valence-electron chi connectivity index (χ1n) is 10.1. The maximum absolute atomic E-state index is 14.6. The van der Waals surface area contributed by atoms with Gasteiger partial charge < -0.3 is 10.1 Å². The van der Waals surface area contributed by atoms with Crippen LogP contribution in [0.15, 0.2) is 18.2 Å². The monoisotopic (exact) mass is 396 g/mol. The van der Waals surface area contributed by atoms with Crippen LogP contribution in [0.5, 0.6) is 0 Å². The largest absolute Gasteiger partial charge is 0.376 e. The van der Waals surface area contributed by atoms with Gasteiger partial charge in [-0.25, -0.2) is 4.39 Å². The molecule has 4 nitrogen and oxygen atoms in total. The van der Waals surface area contributed by atoms with Crippen LogP contribution in [0.2, 0.25) is 5.02 Å². The van der Waals surface area contributed by atoms with Gasteiger partial charge in [0.25, 0.3) is 0 Å². The number of carbonyl (C=O) groups excluding carboxylic acids is 1. The lowest BCUT2D eigenvalue weighted by molar-refractivity contribution is -0.125. The van der Waals surface area contributed by atoms with Crippen LogP contribution in [-0.2, 0) is 9.53 Å². The molecular weight excluding hydrogens is 367 g/mol. The fraction of sp³-hybridized carbons (Fsp3) is 0.667. The highest BCUT2D eigenvalue weighted by Crippen LogP contribution is 2.31. The van der Waals surface area contributed by atoms with Crippen molar-refractivity contribution < 1.29 is 13.9 Å². The molecule has 0 radical (unpaired) electrons. The molecule has 2 unspecified atom stereocenters. The van der Waals surface area contributed by atoms with Crippen LogP contribution in [0.25, 0.3) is 0 Å². The summed E-state index contributed by atoms with van der Waals surface area (Å²) in [6, 6.07) is 4.47. The molecule has 1 aliphatic heterocycles. The van der Waals surface area contributed by atoms with Crippen LogP contribution in [0, 0.1) is 11.7 Å². The van der Waals surface area contributed by atoms with Crippen molar-refractivity contribution in [3.63, 3.8) is 0 Å². The number of ether oxygens (including phenoxy) is 1. The van der Waals surface area contributed by atoms with Crippen molar-refractivity contribution in [2.24, 2.45) is 5.92 Å². The predicted octanol–water partition coefficient (Wildman–Crippen LogP) is 4.33.